The lowest BCUT2D eigenvalue weighted by molar-refractivity contribution is -0.142. The van der Waals surface area contributed by atoms with Crippen molar-refractivity contribution in [2.24, 2.45) is 0 Å². The monoisotopic (exact) mass is 404 g/mol. The van der Waals surface area contributed by atoms with Crippen molar-refractivity contribution in [2.45, 2.75) is 52.4 Å². The average Bonchev–Trinajstić information content (AvgIpc) is 3.24. The van der Waals surface area contributed by atoms with E-state index in [0.717, 1.165) is 46.7 Å². The fourth-order valence-electron chi connectivity index (χ4n) is 4.20. The number of alkyl halides is 3. The highest BCUT2D eigenvalue weighted by molar-refractivity contribution is 5.44. The molecular formula is C21H23F3N4O. The van der Waals surface area contributed by atoms with Crippen LogP contribution in [0.25, 0.3) is 5.65 Å². The number of nitrogens with zero attached hydrogens (tertiary/aromatic N) is 4. The molecule has 1 saturated heterocycles. The highest BCUT2D eigenvalue weighted by Gasteiger charge is 2.36. The summed E-state index contributed by atoms with van der Waals surface area (Å²) in [6.07, 6.45) is -2.71. The molecular weight excluding hydrogens is 381 g/mol. The molecule has 2 aromatic heterocycles. The number of hydrogen-bond donors (Lipinski definition) is 1. The van der Waals surface area contributed by atoms with Gasteiger partial charge in [0.2, 0.25) is 0 Å². The van der Waals surface area contributed by atoms with Gasteiger partial charge in [-0.15, -0.1) is 0 Å². The maximum absolute atomic E-state index is 13.4. The Morgan fingerprint density at radius 2 is 1.79 bits per heavy atom. The minimum atomic E-state index is -4.49. The van der Waals surface area contributed by atoms with Crippen LogP contribution in [0.1, 0.15) is 52.7 Å². The summed E-state index contributed by atoms with van der Waals surface area (Å²) in [6, 6.07) is 6.53. The number of phenols is 1. The van der Waals surface area contributed by atoms with Crippen LogP contribution < -0.4 is 0 Å². The van der Waals surface area contributed by atoms with Crippen LogP contribution in [0.2, 0.25) is 0 Å². The third-order valence-corrected chi connectivity index (χ3v) is 5.51. The van der Waals surface area contributed by atoms with Gasteiger partial charge in [0.05, 0.1) is 11.7 Å². The number of benzene rings is 1. The quantitative estimate of drug-likeness (QED) is 0.687. The van der Waals surface area contributed by atoms with Gasteiger partial charge < -0.3 is 5.11 Å². The predicted molar refractivity (Wildman–Crippen MR) is 103 cm³/mol. The molecule has 0 bridgehead atoms. The van der Waals surface area contributed by atoms with Crippen molar-refractivity contribution in [3.8, 4) is 5.75 Å². The summed E-state index contributed by atoms with van der Waals surface area (Å²) in [6.45, 7) is 6.78. The molecule has 1 aliphatic rings. The number of aromatic hydroxyl groups is 1. The highest BCUT2D eigenvalue weighted by atomic mass is 19.4. The van der Waals surface area contributed by atoms with Crippen molar-refractivity contribution < 1.29 is 18.3 Å². The molecule has 0 radical (unpaired) electrons. The highest BCUT2D eigenvalue weighted by Crippen LogP contribution is 2.35. The number of fused-ring (bicyclic) bond motifs is 1. The average molecular weight is 404 g/mol. The van der Waals surface area contributed by atoms with Crippen molar-refractivity contribution >= 4 is 5.65 Å². The molecule has 1 atom stereocenters. The number of halogens is 3. The van der Waals surface area contributed by atoms with Crippen LogP contribution in [0.15, 0.2) is 24.3 Å². The van der Waals surface area contributed by atoms with Crippen molar-refractivity contribution in [3.63, 3.8) is 0 Å². The Kier molecular flexibility index (Phi) is 4.77. The fraction of sp³-hybridized carbons (Fsp3) is 0.429. The van der Waals surface area contributed by atoms with Crippen LogP contribution >= 0.6 is 0 Å². The Morgan fingerprint density at radius 3 is 2.45 bits per heavy atom. The van der Waals surface area contributed by atoms with Gasteiger partial charge >= 0.3 is 6.18 Å². The molecule has 0 saturated carbocycles. The molecule has 1 aliphatic heterocycles. The third-order valence-electron chi connectivity index (χ3n) is 5.51. The first kappa shape index (κ1) is 19.7. The van der Waals surface area contributed by atoms with Crippen LogP contribution in [0, 0.1) is 20.8 Å². The first-order chi connectivity index (χ1) is 13.6. The Morgan fingerprint density at radius 1 is 1.10 bits per heavy atom. The maximum Gasteiger partial charge on any atom is 0.433 e. The van der Waals surface area contributed by atoms with Crippen LogP contribution in [0.3, 0.4) is 0 Å². The van der Waals surface area contributed by atoms with Crippen LogP contribution in [0.5, 0.6) is 5.75 Å². The second kappa shape index (κ2) is 7.02. The molecule has 4 rings (SSSR count). The van der Waals surface area contributed by atoms with Crippen molar-refractivity contribution in [1.29, 1.82) is 0 Å². The summed E-state index contributed by atoms with van der Waals surface area (Å²) in [5.74, 6) is 0.299. The number of rotatable bonds is 3. The topological polar surface area (TPSA) is 53.7 Å². The lowest BCUT2D eigenvalue weighted by Crippen LogP contribution is -2.23. The minimum Gasteiger partial charge on any atom is -0.507 e. The lowest BCUT2D eigenvalue weighted by Gasteiger charge is -2.23. The van der Waals surface area contributed by atoms with Gasteiger partial charge in [-0.2, -0.15) is 18.3 Å². The van der Waals surface area contributed by atoms with E-state index in [1.165, 1.54) is 0 Å². The van der Waals surface area contributed by atoms with Gasteiger partial charge in [0.1, 0.15) is 11.4 Å². The zero-order chi connectivity index (χ0) is 20.9. The summed E-state index contributed by atoms with van der Waals surface area (Å²) >= 11 is 0. The number of aryl methyl sites for hydroxylation is 3. The summed E-state index contributed by atoms with van der Waals surface area (Å²) in [5, 5.41) is 14.3. The van der Waals surface area contributed by atoms with Gasteiger partial charge in [0.25, 0.3) is 0 Å². The van der Waals surface area contributed by atoms with Crippen molar-refractivity contribution in [2.75, 3.05) is 6.54 Å². The Hall–Kier alpha value is -2.61. The van der Waals surface area contributed by atoms with E-state index in [-0.39, 0.29) is 11.7 Å². The van der Waals surface area contributed by atoms with E-state index < -0.39 is 11.9 Å². The minimum absolute atomic E-state index is 0.0625. The van der Waals surface area contributed by atoms with E-state index in [1.807, 2.05) is 26.0 Å². The zero-order valence-corrected chi connectivity index (χ0v) is 16.6. The van der Waals surface area contributed by atoms with Gasteiger partial charge in [-0.1, -0.05) is 12.1 Å². The molecule has 0 unspecified atom stereocenters. The molecule has 8 heteroatoms. The summed E-state index contributed by atoms with van der Waals surface area (Å²) < 4.78 is 41.2. The first-order valence-corrected chi connectivity index (χ1v) is 9.61. The largest absolute Gasteiger partial charge is 0.507 e. The van der Waals surface area contributed by atoms with Gasteiger partial charge in [-0.3, -0.25) is 4.90 Å². The lowest BCUT2D eigenvalue weighted by atomic mass is 10.0. The summed E-state index contributed by atoms with van der Waals surface area (Å²) in [7, 11) is 0. The molecule has 29 heavy (non-hydrogen) atoms. The number of hydrogen-bond acceptors (Lipinski definition) is 4. The van der Waals surface area contributed by atoms with Crippen LogP contribution in [-0.4, -0.2) is 31.1 Å². The Labute approximate surface area is 166 Å². The molecule has 3 aromatic rings. The Bertz CT molecular complexity index is 1050. The molecule has 154 valence electrons. The molecule has 1 fully saturated rings. The fourth-order valence-corrected chi connectivity index (χ4v) is 4.20. The van der Waals surface area contributed by atoms with Crippen molar-refractivity contribution in [3.05, 3.63) is 58.0 Å². The Balaban J connectivity index is 1.68. The SMILES string of the molecule is Cc1cc(C(F)(F)F)n2nc([C@@H]3CCCN3Cc3cc(C)c(O)c(C)c3)cc2n1. The van der Waals surface area contributed by atoms with E-state index in [0.29, 0.717) is 23.7 Å². The van der Waals surface area contributed by atoms with Crippen molar-refractivity contribution in [1.82, 2.24) is 19.5 Å². The zero-order valence-electron chi connectivity index (χ0n) is 16.6. The van der Waals surface area contributed by atoms with Crippen LogP contribution in [0.4, 0.5) is 13.2 Å². The molecule has 0 aliphatic carbocycles. The molecule has 5 nitrogen and oxygen atoms in total. The molecule has 1 N–H and O–H groups in total. The number of aromatic nitrogens is 3. The molecule has 0 amide bonds. The van der Waals surface area contributed by atoms with E-state index in [1.54, 1.807) is 13.0 Å². The second-order valence-corrected chi connectivity index (χ2v) is 7.83. The van der Waals surface area contributed by atoms with E-state index in [9.17, 15) is 18.3 Å². The summed E-state index contributed by atoms with van der Waals surface area (Å²) in [5.41, 5.74) is 3.04. The summed E-state index contributed by atoms with van der Waals surface area (Å²) in [4.78, 5) is 6.47. The van der Waals surface area contributed by atoms with Crippen LogP contribution in [-0.2, 0) is 12.7 Å². The smallest absolute Gasteiger partial charge is 0.433 e. The second-order valence-electron chi connectivity index (χ2n) is 7.83. The maximum atomic E-state index is 13.4. The molecule has 1 aromatic carbocycles. The first-order valence-electron chi connectivity index (χ1n) is 9.61. The standard InChI is InChI=1S/C21H23F3N4O/c1-12-7-15(8-13(2)20(12)29)11-27-6-4-5-17(27)16-10-19-25-14(3)9-18(21(22,23)24)28(19)26-16/h7-10,17,29H,4-6,11H2,1-3H3/t17-/m0/s1. The van der Waals surface area contributed by atoms with Gasteiger partial charge in [0, 0.05) is 18.3 Å². The van der Waals surface area contributed by atoms with Gasteiger partial charge in [0.15, 0.2) is 5.65 Å². The molecule has 3 heterocycles. The van der Waals surface area contributed by atoms with Gasteiger partial charge in [-0.25, -0.2) is 9.50 Å². The molecule has 0 spiro atoms. The third kappa shape index (κ3) is 3.69. The predicted octanol–water partition coefficient (Wildman–Crippen LogP) is 4.72. The van der Waals surface area contributed by atoms with E-state index in [4.69, 9.17) is 0 Å². The normalized spacial score (nSPS) is 18.1. The van der Waals surface area contributed by atoms with Gasteiger partial charge in [-0.05, 0) is 62.9 Å². The van der Waals surface area contributed by atoms with E-state index >= 15 is 0 Å². The number of likely N-dealkylation sites (tertiary alicyclic amines) is 1. The van der Waals surface area contributed by atoms with E-state index in [2.05, 4.69) is 15.0 Å². The number of phenolic OH excluding ortho intramolecular Hbond substituents is 1.